The first-order valence-electron chi connectivity index (χ1n) is 5.17. The molecule has 1 aromatic carbocycles. The van der Waals surface area contributed by atoms with Crippen LogP contribution < -0.4 is 5.73 Å². The number of rotatable bonds is 2. The van der Waals surface area contributed by atoms with Crippen LogP contribution >= 0.6 is 0 Å². The number of fused-ring (bicyclic) bond motifs is 1. The van der Waals surface area contributed by atoms with Crippen LogP contribution in [-0.2, 0) is 13.5 Å². The van der Waals surface area contributed by atoms with Gasteiger partial charge in [-0.05, 0) is 18.1 Å². The number of nitrogens with zero attached hydrogens (tertiary/aromatic N) is 1. The van der Waals surface area contributed by atoms with E-state index >= 15 is 0 Å². The van der Waals surface area contributed by atoms with Gasteiger partial charge in [0, 0.05) is 12.4 Å². The highest BCUT2D eigenvalue weighted by Crippen LogP contribution is 2.30. The number of carbonyl (C=O) groups is 1. The van der Waals surface area contributed by atoms with Gasteiger partial charge in [-0.3, -0.25) is 0 Å². The van der Waals surface area contributed by atoms with Gasteiger partial charge in [0.05, 0.1) is 11.2 Å². The van der Waals surface area contributed by atoms with Crippen LogP contribution in [0.3, 0.4) is 0 Å². The van der Waals surface area contributed by atoms with Crippen LogP contribution in [0, 0.1) is 0 Å². The van der Waals surface area contributed by atoms with Crippen molar-refractivity contribution in [1.29, 1.82) is 0 Å². The predicted molar refractivity (Wildman–Crippen MR) is 63.7 cm³/mol. The molecule has 84 valence electrons. The first kappa shape index (κ1) is 10.5. The van der Waals surface area contributed by atoms with Gasteiger partial charge in [0.15, 0.2) is 5.69 Å². The van der Waals surface area contributed by atoms with E-state index in [2.05, 4.69) is 0 Å². The molecule has 1 heterocycles. The number of carboxylic acid groups (broad SMARTS) is 1. The summed E-state index contributed by atoms with van der Waals surface area (Å²) in [6, 6.07) is 5.79. The van der Waals surface area contributed by atoms with E-state index in [1.807, 2.05) is 25.1 Å². The van der Waals surface area contributed by atoms with E-state index in [1.165, 1.54) is 0 Å². The quantitative estimate of drug-likeness (QED) is 0.810. The summed E-state index contributed by atoms with van der Waals surface area (Å²) in [6.07, 6.45) is 0.838. The lowest BCUT2D eigenvalue weighted by atomic mass is 10.1. The molecule has 0 radical (unpaired) electrons. The zero-order valence-corrected chi connectivity index (χ0v) is 9.32. The van der Waals surface area contributed by atoms with Crippen molar-refractivity contribution in [3.8, 4) is 0 Å². The van der Waals surface area contributed by atoms with Crippen molar-refractivity contribution < 1.29 is 9.90 Å². The van der Waals surface area contributed by atoms with Crippen LogP contribution in [0.2, 0.25) is 0 Å². The summed E-state index contributed by atoms with van der Waals surface area (Å²) in [5, 5.41) is 9.98. The molecule has 4 heteroatoms. The SMILES string of the molecule is CCc1cccc2c1c(N)c(C(=O)O)n2C. The van der Waals surface area contributed by atoms with E-state index < -0.39 is 5.97 Å². The summed E-state index contributed by atoms with van der Waals surface area (Å²) < 4.78 is 1.63. The van der Waals surface area contributed by atoms with Crippen molar-refractivity contribution >= 4 is 22.6 Å². The van der Waals surface area contributed by atoms with Crippen LogP contribution in [0.4, 0.5) is 5.69 Å². The Kier molecular flexibility index (Phi) is 2.34. The van der Waals surface area contributed by atoms with Gasteiger partial charge in [-0.2, -0.15) is 0 Å². The highest BCUT2D eigenvalue weighted by atomic mass is 16.4. The maximum Gasteiger partial charge on any atom is 0.354 e. The molecular weight excluding hydrogens is 204 g/mol. The highest BCUT2D eigenvalue weighted by Gasteiger charge is 2.19. The first-order chi connectivity index (χ1) is 7.57. The molecule has 0 atom stereocenters. The second-order valence-corrected chi connectivity index (χ2v) is 3.79. The van der Waals surface area contributed by atoms with E-state index in [4.69, 9.17) is 10.8 Å². The molecule has 0 aliphatic rings. The molecule has 16 heavy (non-hydrogen) atoms. The molecule has 0 spiro atoms. The monoisotopic (exact) mass is 218 g/mol. The van der Waals surface area contributed by atoms with Gasteiger partial charge >= 0.3 is 5.97 Å². The molecule has 0 fully saturated rings. The molecule has 3 N–H and O–H groups in total. The largest absolute Gasteiger partial charge is 0.477 e. The average molecular weight is 218 g/mol. The molecule has 0 saturated heterocycles. The Balaban J connectivity index is 2.93. The molecule has 0 saturated carbocycles. The third kappa shape index (κ3) is 1.26. The van der Waals surface area contributed by atoms with Crippen LogP contribution in [0.1, 0.15) is 23.0 Å². The second kappa shape index (κ2) is 3.56. The van der Waals surface area contributed by atoms with Gasteiger partial charge in [0.25, 0.3) is 0 Å². The normalized spacial score (nSPS) is 10.9. The number of hydrogen-bond donors (Lipinski definition) is 2. The molecule has 1 aromatic heterocycles. The van der Waals surface area contributed by atoms with Gasteiger partial charge in [0.1, 0.15) is 0 Å². The van der Waals surface area contributed by atoms with Gasteiger partial charge in [-0.1, -0.05) is 19.1 Å². The Morgan fingerprint density at radius 1 is 1.50 bits per heavy atom. The molecule has 4 nitrogen and oxygen atoms in total. The fourth-order valence-corrected chi connectivity index (χ4v) is 2.15. The Morgan fingerprint density at radius 2 is 2.19 bits per heavy atom. The van der Waals surface area contributed by atoms with Gasteiger partial charge in [-0.25, -0.2) is 4.79 Å². The Bertz CT molecular complexity index is 570. The summed E-state index contributed by atoms with van der Waals surface area (Å²) in [6.45, 7) is 2.03. The number of nitrogens with two attached hydrogens (primary N) is 1. The standard InChI is InChI=1S/C12H14N2O2/c1-3-7-5-4-6-8-9(7)10(13)11(12(15)16)14(8)2/h4-6H,3,13H2,1-2H3,(H,15,16). The van der Waals surface area contributed by atoms with E-state index in [0.717, 1.165) is 22.9 Å². The highest BCUT2D eigenvalue weighted by molar-refractivity contribution is 6.06. The van der Waals surface area contributed by atoms with Crippen LogP contribution in [0.15, 0.2) is 18.2 Å². The maximum absolute atomic E-state index is 11.1. The smallest absolute Gasteiger partial charge is 0.354 e. The minimum Gasteiger partial charge on any atom is -0.477 e. The lowest BCUT2D eigenvalue weighted by Gasteiger charge is -2.00. The summed E-state index contributed by atoms with van der Waals surface area (Å²) in [4.78, 5) is 11.1. The molecular formula is C12H14N2O2. The predicted octanol–water partition coefficient (Wildman–Crippen LogP) is 2.02. The minimum absolute atomic E-state index is 0.163. The molecule has 0 aliphatic heterocycles. The van der Waals surface area contributed by atoms with Gasteiger partial charge in [-0.15, -0.1) is 0 Å². The summed E-state index contributed by atoms with van der Waals surface area (Å²) in [7, 11) is 1.72. The number of anilines is 1. The van der Waals surface area contributed by atoms with Crippen LogP contribution in [0.5, 0.6) is 0 Å². The summed E-state index contributed by atoms with van der Waals surface area (Å²) in [5.41, 5.74) is 8.39. The van der Waals surface area contributed by atoms with E-state index in [9.17, 15) is 4.79 Å². The fraction of sp³-hybridized carbons (Fsp3) is 0.250. The lowest BCUT2D eigenvalue weighted by Crippen LogP contribution is -2.06. The first-order valence-corrected chi connectivity index (χ1v) is 5.17. The van der Waals surface area contributed by atoms with Crippen molar-refractivity contribution in [3.05, 3.63) is 29.5 Å². The lowest BCUT2D eigenvalue weighted by molar-refractivity contribution is 0.0688. The van der Waals surface area contributed by atoms with Gasteiger partial charge in [0.2, 0.25) is 0 Å². The number of nitrogen functional groups attached to an aromatic ring is 1. The van der Waals surface area contributed by atoms with Crippen molar-refractivity contribution in [2.75, 3.05) is 5.73 Å². The molecule has 0 aliphatic carbocycles. The minimum atomic E-state index is -0.988. The number of hydrogen-bond acceptors (Lipinski definition) is 2. The summed E-state index contributed by atoms with van der Waals surface area (Å²) in [5.74, 6) is -0.988. The molecule has 0 unspecified atom stereocenters. The van der Waals surface area contributed by atoms with Crippen molar-refractivity contribution in [2.24, 2.45) is 7.05 Å². The molecule has 2 rings (SSSR count). The Hall–Kier alpha value is -1.97. The molecule has 0 amide bonds. The third-order valence-corrected chi connectivity index (χ3v) is 2.93. The number of benzene rings is 1. The number of aromatic nitrogens is 1. The van der Waals surface area contributed by atoms with Crippen LogP contribution in [0.25, 0.3) is 10.9 Å². The Morgan fingerprint density at radius 3 is 2.75 bits per heavy atom. The Labute approximate surface area is 93.3 Å². The van der Waals surface area contributed by atoms with Crippen LogP contribution in [-0.4, -0.2) is 15.6 Å². The van der Waals surface area contributed by atoms with E-state index in [-0.39, 0.29) is 5.69 Å². The fourth-order valence-electron chi connectivity index (χ4n) is 2.15. The molecule has 2 aromatic rings. The molecule has 0 bridgehead atoms. The van der Waals surface area contributed by atoms with Crippen molar-refractivity contribution in [2.45, 2.75) is 13.3 Å². The average Bonchev–Trinajstić information content (AvgIpc) is 2.51. The number of carboxylic acids is 1. The van der Waals surface area contributed by atoms with E-state index in [1.54, 1.807) is 11.6 Å². The maximum atomic E-state index is 11.1. The third-order valence-electron chi connectivity index (χ3n) is 2.93. The van der Waals surface area contributed by atoms with Gasteiger partial charge < -0.3 is 15.4 Å². The van der Waals surface area contributed by atoms with E-state index in [0.29, 0.717) is 5.69 Å². The van der Waals surface area contributed by atoms with Crippen molar-refractivity contribution in [1.82, 2.24) is 4.57 Å². The summed E-state index contributed by atoms with van der Waals surface area (Å²) >= 11 is 0. The second-order valence-electron chi connectivity index (χ2n) is 3.79. The zero-order valence-electron chi connectivity index (χ0n) is 9.32. The number of aryl methyl sites for hydroxylation is 2. The topological polar surface area (TPSA) is 68.2 Å². The number of aromatic carboxylic acids is 1. The zero-order chi connectivity index (χ0) is 11.9. The van der Waals surface area contributed by atoms with Crippen molar-refractivity contribution in [3.63, 3.8) is 0 Å².